The minimum atomic E-state index is -2.29. The van der Waals surface area contributed by atoms with Gasteiger partial charge in [0.2, 0.25) is 0 Å². The lowest BCUT2D eigenvalue weighted by molar-refractivity contribution is -0.406. The molecule has 5 aliphatic carbocycles. The fourth-order valence-electron chi connectivity index (χ4n) is 17.8. The van der Waals surface area contributed by atoms with Crippen molar-refractivity contribution in [3.8, 4) is 0 Å². The molecule has 0 radical (unpaired) electrons. The summed E-state index contributed by atoms with van der Waals surface area (Å²) in [4.78, 5) is 40.8. The van der Waals surface area contributed by atoms with Crippen molar-refractivity contribution in [1.29, 1.82) is 0 Å². The molecule has 27 nitrogen and oxygen atoms in total. The molecular formula is C64H100O27. The number of esters is 2. The molecule has 4 saturated heterocycles. The lowest BCUT2D eigenvalue weighted by atomic mass is 9.33. The molecular weight excluding hydrogens is 1200 g/mol. The van der Waals surface area contributed by atoms with Crippen LogP contribution in [0.1, 0.15) is 128 Å². The highest BCUT2D eigenvalue weighted by Crippen LogP contribution is 2.76. The molecule has 91 heavy (non-hydrogen) atoms. The predicted octanol–water partition coefficient (Wildman–Crippen LogP) is -0.495. The van der Waals surface area contributed by atoms with Crippen LogP contribution in [0.5, 0.6) is 0 Å². The van der Waals surface area contributed by atoms with Gasteiger partial charge in [0.05, 0.1) is 43.5 Å². The highest BCUT2D eigenvalue weighted by molar-refractivity contribution is 5.89. The van der Waals surface area contributed by atoms with Crippen LogP contribution in [0.3, 0.4) is 0 Å². The van der Waals surface area contributed by atoms with Gasteiger partial charge in [0, 0.05) is 16.6 Å². The molecule has 0 aromatic heterocycles. The molecule has 518 valence electrons. The second-order valence-electron chi connectivity index (χ2n) is 29.3. The summed E-state index contributed by atoms with van der Waals surface area (Å²) in [6.45, 7) is 20.2. The maximum Gasteiger partial charge on any atom is 0.335 e. The van der Waals surface area contributed by atoms with Gasteiger partial charge in [-0.05, 0) is 119 Å². The van der Waals surface area contributed by atoms with Gasteiger partial charge >= 0.3 is 17.9 Å². The maximum absolute atomic E-state index is 13.9. The molecule has 8 fully saturated rings. The predicted molar refractivity (Wildman–Crippen MR) is 313 cm³/mol. The highest BCUT2D eigenvalue weighted by atomic mass is 16.8. The fourth-order valence-corrected chi connectivity index (χ4v) is 17.8. The quantitative estimate of drug-likeness (QED) is 0.0401. The van der Waals surface area contributed by atoms with Gasteiger partial charge in [-0.25, -0.2) is 14.4 Å². The van der Waals surface area contributed by atoms with Gasteiger partial charge < -0.3 is 119 Å². The molecule has 0 aromatic carbocycles. The number of rotatable bonds is 16. The van der Waals surface area contributed by atoms with Gasteiger partial charge in [0.25, 0.3) is 0 Å². The molecule has 14 N–H and O–H groups in total. The van der Waals surface area contributed by atoms with Gasteiger partial charge in [-0.3, -0.25) is 0 Å². The normalized spacial score (nSPS) is 49.8. The van der Waals surface area contributed by atoms with E-state index in [-0.39, 0.29) is 18.3 Å². The first kappa shape index (κ1) is 72.1. The van der Waals surface area contributed by atoms with Crippen molar-refractivity contribution in [3.05, 3.63) is 34.9 Å². The van der Waals surface area contributed by atoms with Crippen LogP contribution in [0.2, 0.25) is 0 Å². The molecule has 31 atom stereocenters. The minimum absolute atomic E-state index is 0.0434. The lowest BCUT2D eigenvalue weighted by Gasteiger charge is -2.72. The van der Waals surface area contributed by atoms with Crippen molar-refractivity contribution < 1.29 is 133 Å². The largest absolute Gasteiger partial charge is 0.479 e. The molecule has 0 aromatic rings. The Hall–Kier alpha value is -3.21. The van der Waals surface area contributed by atoms with Gasteiger partial charge in [-0.2, -0.15) is 0 Å². The summed E-state index contributed by atoms with van der Waals surface area (Å²) in [6, 6.07) is 0. The Balaban J connectivity index is 1.05. The van der Waals surface area contributed by atoms with Crippen LogP contribution >= 0.6 is 0 Å². The first-order valence-electron chi connectivity index (χ1n) is 32.0. The topological polar surface area (TPSA) is 427 Å². The van der Waals surface area contributed by atoms with E-state index in [4.69, 9.17) is 47.4 Å². The minimum Gasteiger partial charge on any atom is -0.479 e. The third-order valence-electron chi connectivity index (χ3n) is 23.7. The molecule has 0 bridgehead atoms. The van der Waals surface area contributed by atoms with E-state index in [1.165, 1.54) is 6.92 Å². The van der Waals surface area contributed by atoms with Gasteiger partial charge in [-0.1, -0.05) is 72.3 Å². The van der Waals surface area contributed by atoms with Crippen LogP contribution in [0, 0.1) is 50.2 Å². The Labute approximate surface area is 529 Å². The Kier molecular flexibility index (Phi) is 21.1. The summed E-state index contributed by atoms with van der Waals surface area (Å²) in [5.74, 6) is -3.74. The highest BCUT2D eigenvalue weighted by Gasteiger charge is 2.74. The third-order valence-corrected chi connectivity index (χ3v) is 23.7. The van der Waals surface area contributed by atoms with E-state index in [0.29, 0.717) is 49.7 Å². The molecule has 9 rings (SSSR count). The van der Waals surface area contributed by atoms with Crippen molar-refractivity contribution in [1.82, 2.24) is 0 Å². The number of hydrogen-bond donors (Lipinski definition) is 14. The van der Waals surface area contributed by atoms with Crippen molar-refractivity contribution in [2.24, 2.45) is 50.2 Å². The van der Waals surface area contributed by atoms with E-state index in [1.807, 2.05) is 27.7 Å². The van der Waals surface area contributed by atoms with Crippen LogP contribution in [0.15, 0.2) is 34.9 Å². The maximum atomic E-state index is 13.9. The van der Waals surface area contributed by atoms with E-state index < -0.39 is 223 Å². The number of aliphatic carboxylic acids is 1. The Morgan fingerprint density at radius 2 is 1.11 bits per heavy atom. The first-order chi connectivity index (χ1) is 42.5. The van der Waals surface area contributed by atoms with Crippen molar-refractivity contribution in [3.63, 3.8) is 0 Å². The summed E-state index contributed by atoms with van der Waals surface area (Å²) in [7, 11) is 0. The molecule has 4 aliphatic heterocycles. The Bertz CT molecular complexity index is 2720. The van der Waals surface area contributed by atoms with Crippen molar-refractivity contribution in [2.75, 3.05) is 19.8 Å². The van der Waals surface area contributed by atoms with E-state index in [9.17, 15) is 85.9 Å². The number of carboxylic acid groups (broad SMARTS) is 1. The molecule has 4 heterocycles. The van der Waals surface area contributed by atoms with Crippen molar-refractivity contribution in [2.45, 2.75) is 275 Å². The average Bonchev–Trinajstić information content (AvgIpc) is 0.670. The van der Waals surface area contributed by atoms with Crippen LogP contribution in [-0.2, 0) is 61.8 Å². The Morgan fingerprint density at radius 1 is 0.582 bits per heavy atom. The molecule has 4 saturated carbocycles. The first-order valence-corrected chi connectivity index (χ1v) is 32.0. The van der Waals surface area contributed by atoms with Crippen molar-refractivity contribution >= 4 is 17.9 Å². The summed E-state index contributed by atoms with van der Waals surface area (Å²) in [5.41, 5.74) is -3.17. The van der Waals surface area contributed by atoms with E-state index in [0.717, 1.165) is 5.57 Å². The summed E-state index contributed by atoms with van der Waals surface area (Å²) >= 11 is 0. The van der Waals surface area contributed by atoms with E-state index in [1.54, 1.807) is 39.8 Å². The zero-order chi connectivity index (χ0) is 67.3. The molecule has 9 aliphatic rings. The number of carbonyl (C=O) groups is 3. The van der Waals surface area contributed by atoms with Crippen LogP contribution in [0.4, 0.5) is 0 Å². The second-order valence-corrected chi connectivity index (χ2v) is 29.3. The number of hydrogen-bond acceptors (Lipinski definition) is 26. The number of carbonyl (C=O) groups excluding carboxylic acids is 2. The Morgan fingerprint density at radius 3 is 1.68 bits per heavy atom. The van der Waals surface area contributed by atoms with E-state index in [2.05, 4.69) is 26.8 Å². The molecule has 0 unspecified atom stereocenters. The van der Waals surface area contributed by atoms with Gasteiger partial charge in [0.1, 0.15) is 91.6 Å². The second kappa shape index (κ2) is 26.7. The summed E-state index contributed by atoms with van der Waals surface area (Å²) in [6.07, 6.45) is -33.9. The number of aliphatic hydroxyl groups is 13. The molecule has 0 spiro atoms. The smallest absolute Gasteiger partial charge is 0.335 e. The standard InChI is InChI=1S/C64H100O27/c1-13-26(3)53(80)90-50-51(91-54(81)27(4)14-2)64(25-67)30(21-59(50,6)7)29-15-16-34-61(10)19-18-36(60(8,9)33(61)17-20-62(34,11)63(29,12)22-35(64)68)85-58-49(89-56-44(76)41(73)38(70)31(23-65)83-56)46(45(77)47(87-58)52(78)79)86-57-48(42(74)39(71)32(24-66)84-57)88-55-43(75)40(72)37(69)28(5)82-55/h13-15,28,30-51,55-58,65-77H,16-25H2,1-12H3,(H,78,79)/b26-13+,27-14+/t28-,30-,31+,32+,33-,34+,35+,36-,37-,38+,39-,40+,41-,42-,43+,44+,45-,46-,47-,48+,49+,50-,51-,55-,56-,57-,58+,61-,62+,63+,64-/m0/s1. The summed E-state index contributed by atoms with van der Waals surface area (Å²) in [5, 5.41) is 156. The number of carboxylic acids is 1. The van der Waals surface area contributed by atoms with Crippen LogP contribution < -0.4 is 0 Å². The zero-order valence-corrected chi connectivity index (χ0v) is 54.0. The number of aliphatic hydroxyl groups excluding tert-OH is 13. The monoisotopic (exact) mass is 1300 g/mol. The summed E-state index contributed by atoms with van der Waals surface area (Å²) < 4.78 is 61.9. The zero-order valence-electron chi connectivity index (χ0n) is 54.0. The SMILES string of the molecule is C/C=C(\C)C(=O)O[C@H]1[C@H](OC(=O)/C(C)=C/C)[C@]2(CO)[C@H](O)C[C@]3(C)C(=CC[C@@H]4[C@@]5(C)CC[C@H](O[C@@H]6O[C@H](C(=O)O)[C@@H](O)[C@H](O[C@@H]7O[C@H](CO)[C@H](O)[C@H](O)[C@H]7O[C@@H]7O[C@@H](C)[C@H](O)[C@@H](O)[C@H]7O)[C@H]6O[C@@H]6O[C@H](CO)[C@@H](O)[C@H](O)[C@H]6O)C(C)(C)[C@@H]5CC[C@]43C)[C@@H]2CC1(C)C. The van der Waals surface area contributed by atoms with Crippen LogP contribution in [0.25, 0.3) is 0 Å². The van der Waals surface area contributed by atoms with Gasteiger partial charge in [-0.15, -0.1) is 0 Å². The number of ether oxygens (including phenoxy) is 10. The van der Waals surface area contributed by atoms with Gasteiger partial charge in [0.15, 0.2) is 37.4 Å². The number of fused-ring (bicyclic) bond motifs is 7. The fraction of sp³-hybridized carbons (Fsp3) is 0.859. The van der Waals surface area contributed by atoms with E-state index >= 15 is 0 Å². The average molecular weight is 1300 g/mol. The molecule has 27 heteroatoms. The van der Waals surface area contributed by atoms with Crippen LogP contribution in [-0.4, -0.2) is 256 Å². The number of allylic oxidation sites excluding steroid dienone is 4. The third kappa shape index (κ3) is 12.0. The lowest BCUT2D eigenvalue weighted by Crippen LogP contribution is -2.72. The molecule has 0 amide bonds.